The number of carboxylic acid groups (broad SMARTS) is 1. The van der Waals surface area contributed by atoms with E-state index in [-0.39, 0.29) is 11.0 Å². The molecule has 1 N–H and O–H groups in total. The van der Waals surface area contributed by atoms with E-state index in [0.717, 1.165) is 17.7 Å². The van der Waals surface area contributed by atoms with Gasteiger partial charge in [0.2, 0.25) is 0 Å². The molecule has 0 atom stereocenters. The Morgan fingerprint density at radius 2 is 1.83 bits per heavy atom. The second-order valence-corrected chi connectivity index (χ2v) is 6.60. The van der Waals surface area contributed by atoms with Crippen LogP contribution in [0.2, 0.25) is 0 Å². The highest BCUT2D eigenvalue weighted by Gasteiger charge is 2.05. The predicted molar refractivity (Wildman–Crippen MR) is 96.3 cm³/mol. The lowest BCUT2D eigenvalue weighted by Crippen LogP contribution is -2.20. The number of aromatic carboxylic acids is 1. The minimum atomic E-state index is -0.916. The van der Waals surface area contributed by atoms with Crippen LogP contribution in [0.4, 0.5) is 0 Å². The van der Waals surface area contributed by atoms with Crippen LogP contribution >= 0.6 is 0 Å². The summed E-state index contributed by atoms with van der Waals surface area (Å²) < 4.78 is 0. The zero-order valence-electron chi connectivity index (χ0n) is 14.4. The molecule has 0 aliphatic heterocycles. The van der Waals surface area contributed by atoms with Crippen LogP contribution in [0.1, 0.15) is 36.7 Å². The van der Waals surface area contributed by atoms with Crippen LogP contribution in [0.25, 0.3) is 5.57 Å². The van der Waals surface area contributed by atoms with Crippen molar-refractivity contribution in [1.82, 2.24) is 4.90 Å². The van der Waals surface area contributed by atoms with E-state index in [9.17, 15) is 4.79 Å². The predicted octanol–water partition coefficient (Wildman–Crippen LogP) is 3.94. The van der Waals surface area contributed by atoms with Gasteiger partial charge in [-0.15, -0.1) is 0 Å². The Hall–Kier alpha value is -2.31. The smallest absolute Gasteiger partial charge is 0.335 e. The third-order valence-corrected chi connectivity index (χ3v) is 3.07. The zero-order valence-corrected chi connectivity index (χ0v) is 14.4. The number of carboxylic acids is 1. The standard InChI is InChI=1S/C20H25NO2/c1-16(17-9-11-18(12-10-17)19(22)23)15-21(5)14-8-6-7-13-20(2,3)4/h6,8-12H,1,14-15H2,2-5H3,(H,22,23)/b8-6+. The van der Waals surface area contributed by atoms with Gasteiger partial charge < -0.3 is 5.11 Å². The fourth-order valence-corrected chi connectivity index (χ4v) is 1.88. The van der Waals surface area contributed by atoms with Gasteiger partial charge >= 0.3 is 5.97 Å². The fraction of sp³-hybridized carbons (Fsp3) is 0.350. The maximum Gasteiger partial charge on any atom is 0.335 e. The summed E-state index contributed by atoms with van der Waals surface area (Å²) in [5, 5.41) is 8.90. The quantitative estimate of drug-likeness (QED) is 0.809. The van der Waals surface area contributed by atoms with E-state index in [0.29, 0.717) is 6.54 Å². The second kappa shape index (κ2) is 8.36. The number of allylic oxidation sites excluding steroid dienone is 1. The molecule has 0 heterocycles. The lowest BCUT2D eigenvalue weighted by atomic mass is 9.98. The maximum atomic E-state index is 10.8. The molecule has 0 saturated carbocycles. The molecule has 0 aliphatic carbocycles. The highest BCUT2D eigenvalue weighted by atomic mass is 16.4. The van der Waals surface area contributed by atoms with Gasteiger partial charge in [0.25, 0.3) is 0 Å². The van der Waals surface area contributed by atoms with Gasteiger partial charge in [-0.05, 0) is 57.2 Å². The first kappa shape index (κ1) is 18.7. The van der Waals surface area contributed by atoms with Crippen LogP contribution in [-0.2, 0) is 0 Å². The second-order valence-electron chi connectivity index (χ2n) is 6.60. The molecule has 0 bridgehead atoms. The Bertz CT molecular complexity index is 637. The van der Waals surface area contributed by atoms with Gasteiger partial charge in [-0.2, -0.15) is 0 Å². The largest absolute Gasteiger partial charge is 0.478 e. The molecule has 0 aliphatic rings. The molecule has 1 aromatic carbocycles. The molecule has 23 heavy (non-hydrogen) atoms. The normalized spacial score (nSPS) is 11.3. The Morgan fingerprint density at radius 3 is 2.35 bits per heavy atom. The van der Waals surface area contributed by atoms with Gasteiger partial charge in [0.15, 0.2) is 0 Å². The van der Waals surface area contributed by atoms with Crippen molar-refractivity contribution in [3.8, 4) is 11.8 Å². The highest BCUT2D eigenvalue weighted by Crippen LogP contribution is 2.14. The topological polar surface area (TPSA) is 40.5 Å². The molecule has 0 unspecified atom stereocenters. The van der Waals surface area contributed by atoms with E-state index < -0.39 is 5.97 Å². The van der Waals surface area contributed by atoms with Crippen molar-refractivity contribution in [1.29, 1.82) is 0 Å². The maximum absolute atomic E-state index is 10.8. The number of carbonyl (C=O) groups is 1. The monoisotopic (exact) mass is 311 g/mol. The number of hydrogen-bond donors (Lipinski definition) is 1. The third-order valence-electron chi connectivity index (χ3n) is 3.07. The first-order chi connectivity index (χ1) is 10.7. The van der Waals surface area contributed by atoms with Gasteiger partial charge in [-0.25, -0.2) is 4.79 Å². The van der Waals surface area contributed by atoms with Gasteiger partial charge in [0.1, 0.15) is 0 Å². The molecule has 0 saturated heterocycles. The minimum Gasteiger partial charge on any atom is -0.478 e. The van der Waals surface area contributed by atoms with Crippen LogP contribution < -0.4 is 0 Å². The summed E-state index contributed by atoms with van der Waals surface area (Å²) >= 11 is 0. The van der Waals surface area contributed by atoms with E-state index in [2.05, 4.69) is 44.1 Å². The van der Waals surface area contributed by atoms with E-state index in [1.54, 1.807) is 24.3 Å². The molecule has 3 heteroatoms. The molecule has 0 aromatic heterocycles. The Balaban J connectivity index is 2.51. The SMILES string of the molecule is C=C(CN(C)C/C=C/C#CC(C)(C)C)c1ccc(C(=O)O)cc1. The Morgan fingerprint density at radius 1 is 1.26 bits per heavy atom. The zero-order chi connectivity index (χ0) is 17.5. The minimum absolute atomic E-state index is 0.0205. The van der Waals surface area contributed by atoms with Gasteiger partial charge in [0, 0.05) is 18.5 Å². The molecule has 3 nitrogen and oxygen atoms in total. The van der Waals surface area contributed by atoms with Gasteiger partial charge in [-0.3, -0.25) is 4.90 Å². The van der Waals surface area contributed by atoms with Crippen molar-refractivity contribution in [2.24, 2.45) is 5.41 Å². The summed E-state index contributed by atoms with van der Waals surface area (Å²) in [4.78, 5) is 13.0. The molecular formula is C20H25NO2. The summed E-state index contributed by atoms with van der Waals surface area (Å²) in [6.45, 7) is 11.8. The molecule has 0 radical (unpaired) electrons. The molecule has 0 spiro atoms. The summed E-state index contributed by atoms with van der Waals surface area (Å²) in [5.41, 5.74) is 2.22. The molecular weight excluding hydrogens is 286 g/mol. The van der Waals surface area contributed by atoms with E-state index in [1.807, 2.05) is 19.2 Å². The summed E-state index contributed by atoms with van der Waals surface area (Å²) in [5.74, 6) is 5.29. The lowest BCUT2D eigenvalue weighted by molar-refractivity contribution is 0.0697. The first-order valence-electron chi connectivity index (χ1n) is 7.57. The van der Waals surface area contributed by atoms with Crippen molar-refractivity contribution >= 4 is 11.5 Å². The molecule has 0 fully saturated rings. The van der Waals surface area contributed by atoms with Crippen molar-refractivity contribution in [3.63, 3.8) is 0 Å². The molecule has 122 valence electrons. The van der Waals surface area contributed by atoms with Crippen LogP contribution in [0.3, 0.4) is 0 Å². The summed E-state index contributed by atoms with van der Waals surface area (Å²) in [6.07, 6.45) is 3.91. The molecule has 1 aromatic rings. The number of benzene rings is 1. The summed E-state index contributed by atoms with van der Waals surface area (Å²) in [7, 11) is 2.01. The fourth-order valence-electron chi connectivity index (χ4n) is 1.88. The molecule has 1 rings (SSSR count). The number of likely N-dealkylation sites (N-methyl/N-ethyl adjacent to an activating group) is 1. The Kier molecular flexibility index (Phi) is 6.81. The average molecular weight is 311 g/mol. The van der Waals surface area contributed by atoms with Gasteiger partial charge in [-0.1, -0.05) is 36.6 Å². The average Bonchev–Trinajstić information content (AvgIpc) is 2.45. The van der Waals surface area contributed by atoms with Gasteiger partial charge in [0.05, 0.1) is 5.56 Å². The number of rotatable bonds is 6. The van der Waals surface area contributed by atoms with Crippen molar-refractivity contribution in [2.45, 2.75) is 20.8 Å². The van der Waals surface area contributed by atoms with E-state index in [4.69, 9.17) is 5.11 Å². The Labute approximate surface area is 139 Å². The summed E-state index contributed by atoms with van der Waals surface area (Å²) in [6, 6.07) is 6.80. The van der Waals surface area contributed by atoms with Crippen LogP contribution in [-0.4, -0.2) is 36.1 Å². The van der Waals surface area contributed by atoms with E-state index in [1.165, 1.54) is 0 Å². The first-order valence-corrected chi connectivity index (χ1v) is 7.57. The third kappa shape index (κ3) is 7.49. The molecule has 0 amide bonds. The lowest BCUT2D eigenvalue weighted by Gasteiger charge is -2.16. The van der Waals surface area contributed by atoms with E-state index >= 15 is 0 Å². The van der Waals surface area contributed by atoms with Crippen LogP contribution in [0.5, 0.6) is 0 Å². The van der Waals surface area contributed by atoms with Crippen LogP contribution in [0.15, 0.2) is 43.0 Å². The van der Waals surface area contributed by atoms with Crippen molar-refractivity contribution in [2.75, 3.05) is 20.1 Å². The van der Waals surface area contributed by atoms with Crippen molar-refractivity contribution < 1.29 is 9.90 Å². The number of hydrogen-bond acceptors (Lipinski definition) is 2. The van der Waals surface area contributed by atoms with Crippen LogP contribution in [0, 0.1) is 17.3 Å². The van der Waals surface area contributed by atoms with Crippen molar-refractivity contribution in [3.05, 3.63) is 54.1 Å². The number of nitrogens with zero attached hydrogens (tertiary/aromatic N) is 1. The highest BCUT2D eigenvalue weighted by molar-refractivity contribution is 5.88.